The zero-order valence-electron chi connectivity index (χ0n) is 14.5. The lowest BCUT2D eigenvalue weighted by molar-refractivity contribution is -0.384. The highest BCUT2D eigenvalue weighted by Gasteiger charge is 2.14. The summed E-state index contributed by atoms with van der Waals surface area (Å²) in [5.74, 6) is 0.716. The second kappa shape index (κ2) is 7.83. The molecule has 0 fully saturated rings. The Morgan fingerprint density at radius 1 is 1.15 bits per heavy atom. The van der Waals surface area contributed by atoms with E-state index in [0.29, 0.717) is 22.3 Å². The van der Waals surface area contributed by atoms with Gasteiger partial charge in [0.25, 0.3) is 11.6 Å². The van der Waals surface area contributed by atoms with Gasteiger partial charge in [0, 0.05) is 28.6 Å². The Morgan fingerprint density at radius 2 is 1.93 bits per heavy atom. The molecular formula is C18H15N3O5S. The van der Waals surface area contributed by atoms with Crippen LogP contribution in [0.1, 0.15) is 10.4 Å². The van der Waals surface area contributed by atoms with E-state index in [0.717, 1.165) is 5.56 Å². The molecule has 138 valence electrons. The van der Waals surface area contributed by atoms with Crippen LogP contribution in [0.3, 0.4) is 0 Å². The van der Waals surface area contributed by atoms with Crippen LogP contribution in [0.25, 0.3) is 11.3 Å². The number of rotatable bonds is 6. The second-order valence-corrected chi connectivity index (χ2v) is 6.23. The van der Waals surface area contributed by atoms with Crippen molar-refractivity contribution >= 4 is 28.1 Å². The number of nitrogens with one attached hydrogen (secondary N) is 1. The quantitative estimate of drug-likeness (QED) is 0.508. The predicted octanol–water partition coefficient (Wildman–Crippen LogP) is 3.99. The number of benzene rings is 2. The number of methoxy groups -OCH3 is 2. The fourth-order valence-electron chi connectivity index (χ4n) is 2.39. The van der Waals surface area contributed by atoms with Crippen LogP contribution in [-0.2, 0) is 0 Å². The van der Waals surface area contributed by atoms with Crippen molar-refractivity contribution in [3.05, 3.63) is 63.5 Å². The molecule has 0 saturated carbocycles. The van der Waals surface area contributed by atoms with Crippen LogP contribution in [0.2, 0.25) is 0 Å². The Kier molecular flexibility index (Phi) is 5.32. The Balaban J connectivity index is 1.79. The topological polar surface area (TPSA) is 104 Å². The third kappa shape index (κ3) is 4.04. The summed E-state index contributed by atoms with van der Waals surface area (Å²) in [4.78, 5) is 27.0. The highest BCUT2D eigenvalue weighted by molar-refractivity contribution is 7.14. The monoisotopic (exact) mass is 385 g/mol. The van der Waals surface area contributed by atoms with Gasteiger partial charge in [-0.1, -0.05) is 6.07 Å². The molecule has 2 aromatic carbocycles. The molecule has 9 heteroatoms. The molecule has 0 unspecified atom stereocenters. The van der Waals surface area contributed by atoms with Crippen LogP contribution in [0.4, 0.5) is 10.8 Å². The third-order valence-corrected chi connectivity index (χ3v) is 4.48. The zero-order valence-corrected chi connectivity index (χ0v) is 15.3. The average molecular weight is 385 g/mol. The van der Waals surface area contributed by atoms with Gasteiger partial charge in [0.1, 0.15) is 0 Å². The molecule has 27 heavy (non-hydrogen) atoms. The normalized spacial score (nSPS) is 10.3. The lowest BCUT2D eigenvalue weighted by Gasteiger charge is -2.08. The van der Waals surface area contributed by atoms with Crippen LogP contribution >= 0.6 is 11.3 Å². The Labute approximate surface area is 158 Å². The highest BCUT2D eigenvalue weighted by Crippen LogP contribution is 2.33. The van der Waals surface area contributed by atoms with E-state index in [1.54, 1.807) is 31.7 Å². The van der Waals surface area contributed by atoms with Gasteiger partial charge in [-0.3, -0.25) is 20.2 Å². The molecule has 1 heterocycles. The molecule has 0 spiro atoms. The first kappa shape index (κ1) is 18.3. The molecule has 0 radical (unpaired) electrons. The number of hydrogen-bond acceptors (Lipinski definition) is 7. The molecule has 0 aliphatic heterocycles. The zero-order chi connectivity index (χ0) is 19.4. The molecule has 0 atom stereocenters. The number of nitro groups is 1. The predicted molar refractivity (Wildman–Crippen MR) is 102 cm³/mol. The maximum absolute atomic E-state index is 12.3. The number of amides is 1. The van der Waals surface area contributed by atoms with E-state index in [1.165, 1.54) is 35.6 Å². The molecule has 3 aromatic rings. The summed E-state index contributed by atoms with van der Waals surface area (Å²) in [5, 5.41) is 15.7. The maximum atomic E-state index is 12.3. The Hall–Kier alpha value is -3.46. The molecule has 0 bridgehead atoms. The standard InChI is InChI=1S/C18H15N3O5S/c1-25-15-7-6-11(9-16(15)26-2)14-10-27-18(19-14)20-17(22)12-4-3-5-13(8-12)21(23)24/h3-10H,1-2H3,(H,19,20,22). The molecular weight excluding hydrogens is 370 g/mol. The molecule has 0 saturated heterocycles. The van der Waals surface area contributed by atoms with Crippen molar-refractivity contribution in [3.8, 4) is 22.8 Å². The smallest absolute Gasteiger partial charge is 0.270 e. The Bertz CT molecular complexity index is 1000. The largest absolute Gasteiger partial charge is 0.493 e. The first-order chi connectivity index (χ1) is 13.0. The SMILES string of the molecule is COc1ccc(-c2csc(NC(=O)c3cccc([N+](=O)[O-])c3)n2)cc1OC. The van der Waals surface area contributed by atoms with Crippen molar-refractivity contribution in [1.29, 1.82) is 0 Å². The molecule has 0 aliphatic rings. The van der Waals surface area contributed by atoms with Gasteiger partial charge in [-0.25, -0.2) is 4.98 Å². The van der Waals surface area contributed by atoms with Crippen molar-refractivity contribution in [3.63, 3.8) is 0 Å². The number of non-ortho nitro benzene ring substituents is 1. The van der Waals surface area contributed by atoms with E-state index in [4.69, 9.17) is 9.47 Å². The first-order valence-corrected chi connectivity index (χ1v) is 8.63. The summed E-state index contributed by atoms with van der Waals surface area (Å²) >= 11 is 1.25. The summed E-state index contributed by atoms with van der Waals surface area (Å²) in [6, 6.07) is 10.9. The Morgan fingerprint density at radius 3 is 2.63 bits per heavy atom. The fourth-order valence-corrected chi connectivity index (χ4v) is 3.10. The van der Waals surface area contributed by atoms with Gasteiger partial charge < -0.3 is 9.47 Å². The first-order valence-electron chi connectivity index (χ1n) is 7.75. The number of hydrogen-bond donors (Lipinski definition) is 1. The van der Waals surface area contributed by atoms with Gasteiger partial charge in [-0.15, -0.1) is 11.3 Å². The fraction of sp³-hybridized carbons (Fsp3) is 0.111. The number of carbonyl (C=O) groups excluding carboxylic acids is 1. The molecule has 8 nitrogen and oxygen atoms in total. The van der Waals surface area contributed by atoms with Crippen molar-refractivity contribution in [2.45, 2.75) is 0 Å². The molecule has 1 amide bonds. The summed E-state index contributed by atoms with van der Waals surface area (Å²) < 4.78 is 10.5. The van der Waals surface area contributed by atoms with Gasteiger partial charge in [-0.05, 0) is 24.3 Å². The summed E-state index contributed by atoms with van der Waals surface area (Å²) in [5.41, 5.74) is 1.51. The molecule has 1 aromatic heterocycles. The minimum atomic E-state index is -0.546. The van der Waals surface area contributed by atoms with E-state index in [9.17, 15) is 14.9 Å². The number of anilines is 1. The maximum Gasteiger partial charge on any atom is 0.270 e. The van der Waals surface area contributed by atoms with Crippen LogP contribution < -0.4 is 14.8 Å². The average Bonchev–Trinajstić information content (AvgIpc) is 3.15. The number of ether oxygens (including phenoxy) is 2. The van der Waals surface area contributed by atoms with Gasteiger partial charge in [-0.2, -0.15) is 0 Å². The van der Waals surface area contributed by atoms with Gasteiger partial charge in [0.15, 0.2) is 16.6 Å². The summed E-state index contributed by atoms with van der Waals surface area (Å²) in [7, 11) is 3.11. The third-order valence-electron chi connectivity index (χ3n) is 3.72. The number of nitro benzene ring substituents is 1. The number of carbonyl (C=O) groups is 1. The molecule has 1 N–H and O–H groups in total. The van der Waals surface area contributed by atoms with Crippen LogP contribution in [-0.4, -0.2) is 30.0 Å². The minimum absolute atomic E-state index is 0.146. The van der Waals surface area contributed by atoms with E-state index in [-0.39, 0.29) is 11.3 Å². The van der Waals surface area contributed by atoms with Gasteiger partial charge in [0.05, 0.1) is 24.8 Å². The summed E-state index contributed by atoms with van der Waals surface area (Å²) in [6.07, 6.45) is 0. The van der Waals surface area contributed by atoms with E-state index < -0.39 is 10.8 Å². The lowest BCUT2D eigenvalue weighted by atomic mass is 10.1. The number of thiazole rings is 1. The molecule has 0 aliphatic carbocycles. The minimum Gasteiger partial charge on any atom is -0.493 e. The van der Waals surface area contributed by atoms with Gasteiger partial charge >= 0.3 is 0 Å². The number of nitrogens with zero attached hydrogens (tertiary/aromatic N) is 2. The van der Waals surface area contributed by atoms with Crippen LogP contribution in [0, 0.1) is 10.1 Å². The van der Waals surface area contributed by atoms with Crippen molar-refractivity contribution < 1.29 is 19.2 Å². The van der Waals surface area contributed by atoms with Crippen LogP contribution in [0.15, 0.2) is 47.8 Å². The van der Waals surface area contributed by atoms with E-state index >= 15 is 0 Å². The van der Waals surface area contributed by atoms with E-state index in [1.807, 2.05) is 6.07 Å². The highest BCUT2D eigenvalue weighted by atomic mass is 32.1. The van der Waals surface area contributed by atoms with Crippen molar-refractivity contribution in [2.75, 3.05) is 19.5 Å². The van der Waals surface area contributed by atoms with Crippen molar-refractivity contribution in [1.82, 2.24) is 4.98 Å². The summed E-state index contributed by atoms with van der Waals surface area (Å²) in [6.45, 7) is 0. The number of aromatic nitrogens is 1. The molecule has 3 rings (SSSR count). The lowest BCUT2D eigenvalue weighted by Crippen LogP contribution is -2.11. The van der Waals surface area contributed by atoms with Crippen molar-refractivity contribution in [2.24, 2.45) is 0 Å². The van der Waals surface area contributed by atoms with Crippen LogP contribution in [0.5, 0.6) is 11.5 Å². The second-order valence-electron chi connectivity index (χ2n) is 5.37. The van der Waals surface area contributed by atoms with E-state index in [2.05, 4.69) is 10.3 Å². The van der Waals surface area contributed by atoms with Gasteiger partial charge in [0.2, 0.25) is 0 Å².